The third kappa shape index (κ3) is 1.54. The SMILES string of the molecule is NC(=O)/C=C1\Nc2ccc(N)cc2C1=O. The molecule has 1 aliphatic heterocycles. The number of ketones is 1. The highest BCUT2D eigenvalue weighted by Crippen LogP contribution is 2.29. The van der Waals surface area contributed by atoms with Crippen LogP contribution in [0.25, 0.3) is 0 Å². The summed E-state index contributed by atoms with van der Waals surface area (Å²) in [6.45, 7) is 0. The Morgan fingerprint density at radius 2 is 2.13 bits per heavy atom. The molecule has 1 heterocycles. The van der Waals surface area contributed by atoms with Crippen molar-refractivity contribution >= 4 is 23.1 Å². The number of carbonyl (C=O) groups is 2. The normalized spacial score (nSPS) is 16.3. The molecule has 15 heavy (non-hydrogen) atoms. The summed E-state index contributed by atoms with van der Waals surface area (Å²) < 4.78 is 0. The van der Waals surface area contributed by atoms with Crippen LogP contribution in [-0.2, 0) is 4.79 Å². The number of benzene rings is 1. The first-order valence-corrected chi connectivity index (χ1v) is 4.30. The van der Waals surface area contributed by atoms with Gasteiger partial charge in [0.15, 0.2) is 0 Å². The van der Waals surface area contributed by atoms with E-state index < -0.39 is 5.91 Å². The van der Waals surface area contributed by atoms with Gasteiger partial charge in [0.25, 0.3) is 0 Å². The standard InChI is InChI=1S/C10H9N3O2/c11-5-1-2-7-6(3-5)10(15)8(13-7)4-9(12)14/h1-4,13H,11H2,(H2,12,14)/b8-4-. The Hall–Kier alpha value is -2.30. The third-order valence-electron chi connectivity index (χ3n) is 2.09. The molecule has 0 bridgehead atoms. The molecule has 0 unspecified atom stereocenters. The van der Waals surface area contributed by atoms with E-state index in [9.17, 15) is 9.59 Å². The van der Waals surface area contributed by atoms with E-state index in [2.05, 4.69) is 5.32 Å². The predicted octanol–water partition coefficient (Wildman–Crippen LogP) is 0.246. The number of allylic oxidation sites excluding steroid dienone is 1. The van der Waals surface area contributed by atoms with Crippen molar-refractivity contribution in [2.24, 2.45) is 5.73 Å². The molecule has 0 aliphatic carbocycles. The molecule has 1 aliphatic rings. The van der Waals surface area contributed by atoms with Crippen molar-refractivity contribution in [2.45, 2.75) is 0 Å². The molecular weight excluding hydrogens is 194 g/mol. The lowest BCUT2D eigenvalue weighted by Crippen LogP contribution is -2.11. The molecule has 1 aromatic carbocycles. The molecule has 5 N–H and O–H groups in total. The highest BCUT2D eigenvalue weighted by atomic mass is 16.1. The second-order valence-corrected chi connectivity index (χ2v) is 3.22. The van der Waals surface area contributed by atoms with Gasteiger partial charge in [0, 0.05) is 17.3 Å². The van der Waals surface area contributed by atoms with E-state index in [1.54, 1.807) is 18.2 Å². The highest BCUT2D eigenvalue weighted by Gasteiger charge is 2.24. The Bertz CT molecular complexity index is 491. The number of nitrogens with two attached hydrogens (primary N) is 2. The van der Waals surface area contributed by atoms with Crippen LogP contribution in [0.4, 0.5) is 11.4 Å². The largest absolute Gasteiger partial charge is 0.399 e. The van der Waals surface area contributed by atoms with Crippen molar-refractivity contribution in [1.82, 2.24) is 0 Å². The second-order valence-electron chi connectivity index (χ2n) is 3.22. The number of nitrogens with one attached hydrogen (secondary N) is 1. The molecular formula is C10H9N3O2. The van der Waals surface area contributed by atoms with Crippen molar-refractivity contribution in [3.8, 4) is 0 Å². The van der Waals surface area contributed by atoms with E-state index in [0.29, 0.717) is 16.9 Å². The Labute approximate surface area is 85.7 Å². The highest BCUT2D eigenvalue weighted by molar-refractivity contribution is 6.20. The number of primary amides is 1. The molecule has 0 atom stereocenters. The Morgan fingerprint density at radius 1 is 1.40 bits per heavy atom. The van der Waals surface area contributed by atoms with Crippen LogP contribution in [0, 0.1) is 0 Å². The minimum Gasteiger partial charge on any atom is -0.399 e. The number of carbonyl (C=O) groups excluding carboxylic acids is 2. The Balaban J connectivity index is 2.46. The third-order valence-corrected chi connectivity index (χ3v) is 2.09. The van der Waals surface area contributed by atoms with Gasteiger partial charge in [-0.05, 0) is 18.2 Å². The number of hydrogen-bond donors (Lipinski definition) is 3. The van der Waals surface area contributed by atoms with E-state index in [0.717, 1.165) is 6.08 Å². The first-order valence-electron chi connectivity index (χ1n) is 4.30. The average molecular weight is 203 g/mol. The molecule has 76 valence electrons. The Morgan fingerprint density at radius 3 is 2.80 bits per heavy atom. The lowest BCUT2D eigenvalue weighted by Gasteiger charge is -1.97. The second kappa shape index (κ2) is 3.13. The fraction of sp³-hybridized carbons (Fsp3) is 0. The fourth-order valence-electron chi connectivity index (χ4n) is 1.45. The summed E-state index contributed by atoms with van der Waals surface area (Å²) in [5, 5.41) is 2.80. The minimum absolute atomic E-state index is 0.183. The van der Waals surface area contributed by atoms with Crippen LogP contribution in [0.15, 0.2) is 30.0 Å². The number of hydrogen-bond acceptors (Lipinski definition) is 4. The number of anilines is 2. The number of rotatable bonds is 1. The van der Waals surface area contributed by atoms with Crippen molar-refractivity contribution in [3.05, 3.63) is 35.5 Å². The van der Waals surface area contributed by atoms with Crippen molar-refractivity contribution in [3.63, 3.8) is 0 Å². The molecule has 1 aromatic rings. The zero-order chi connectivity index (χ0) is 11.0. The van der Waals surface area contributed by atoms with Crippen LogP contribution in [0.2, 0.25) is 0 Å². The number of fused-ring (bicyclic) bond motifs is 1. The van der Waals surface area contributed by atoms with E-state index in [4.69, 9.17) is 11.5 Å². The lowest BCUT2D eigenvalue weighted by atomic mass is 10.1. The van der Waals surface area contributed by atoms with Crippen LogP contribution in [0.3, 0.4) is 0 Å². The molecule has 5 heteroatoms. The molecule has 0 radical (unpaired) electrons. The maximum absolute atomic E-state index is 11.7. The maximum Gasteiger partial charge on any atom is 0.243 e. The number of amides is 1. The van der Waals surface area contributed by atoms with Crippen LogP contribution in [-0.4, -0.2) is 11.7 Å². The van der Waals surface area contributed by atoms with Gasteiger partial charge in [0.05, 0.1) is 11.4 Å². The van der Waals surface area contributed by atoms with Crippen LogP contribution in [0.1, 0.15) is 10.4 Å². The zero-order valence-electron chi connectivity index (χ0n) is 7.78. The van der Waals surface area contributed by atoms with Gasteiger partial charge < -0.3 is 16.8 Å². The molecule has 5 nitrogen and oxygen atoms in total. The van der Waals surface area contributed by atoms with Crippen molar-refractivity contribution in [1.29, 1.82) is 0 Å². The van der Waals surface area contributed by atoms with Gasteiger partial charge in [-0.1, -0.05) is 0 Å². The summed E-state index contributed by atoms with van der Waals surface area (Å²) in [5.74, 6) is -0.928. The average Bonchev–Trinajstić information content (AvgIpc) is 2.44. The smallest absolute Gasteiger partial charge is 0.243 e. The van der Waals surface area contributed by atoms with Gasteiger partial charge >= 0.3 is 0 Å². The van der Waals surface area contributed by atoms with E-state index in [1.165, 1.54) is 0 Å². The van der Waals surface area contributed by atoms with Crippen molar-refractivity contribution < 1.29 is 9.59 Å². The number of nitrogen functional groups attached to an aromatic ring is 1. The van der Waals surface area contributed by atoms with Gasteiger partial charge in [0.1, 0.15) is 0 Å². The molecule has 0 aromatic heterocycles. The molecule has 0 saturated heterocycles. The summed E-state index contributed by atoms with van der Waals surface area (Å²) in [6.07, 6.45) is 1.07. The number of Topliss-reactive ketones (excluding diaryl/α,β-unsaturated/α-hetero) is 1. The summed E-state index contributed by atoms with van der Waals surface area (Å²) in [6, 6.07) is 4.92. The van der Waals surface area contributed by atoms with Crippen molar-refractivity contribution in [2.75, 3.05) is 11.1 Å². The predicted molar refractivity (Wildman–Crippen MR) is 56.1 cm³/mol. The first-order chi connectivity index (χ1) is 7.08. The van der Waals surface area contributed by atoms with Crippen LogP contribution in [0.5, 0.6) is 0 Å². The maximum atomic E-state index is 11.7. The van der Waals surface area contributed by atoms with Gasteiger partial charge in [-0.15, -0.1) is 0 Å². The van der Waals surface area contributed by atoms with E-state index >= 15 is 0 Å². The lowest BCUT2D eigenvalue weighted by molar-refractivity contribution is -0.113. The fourth-order valence-corrected chi connectivity index (χ4v) is 1.45. The summed E-state index contributed by atoms with van der Waals surface area (Å²) in [4.78, 5) is 22.3. The van der Waals surface area contributed by atoms with E-state index in [-0.39, 0.29) is 11.5 Å². The van der Waals surface area contributed by atoms with E-state index in [1.807, 2.05) is 0 Å². The van der Waals surface area contributed by atoms with Gasteiger partial charge in [-0.3, -0.25) is 9.59 Å². The van der Waals surface area contributed by atoms with Gasteiger partial charge in [-0.25, -0.2) is 0 Å². The molecule has 2 rings (SSSR count). The zero-order valence-corrected chi connectivity index (χ0v) is 7.78. The summed E-state index contributed by atoms with van der Waals surface area (Å²) in [5.41, 5.74) is 12.3. The molecule has 1 amide bonds. The molecule has 0 fully saturated rings. The van der Waals surface area contributed by atoms with Gasteiger partial charge in [-0.2, -0.15) is 0 Å². The van der Waals surface area contributed by atoms with Crippen LogP contribution >= 0.6 is 0 Å². The first kappa shape index (κ1) is 9.26. The summed E-state index contributed by atoms with van der Waals surface area (Å²) in [7, 11) is 0. The minimum atomic E-state index is -0.661. The Kier molecular flexibility index (Phi) is 1.93. The summed E-state index contributed by atoms with van der Waals surface area (Å²) >= 11 is 0. The molecule has 0 saturated carbocycles. The monoisotopic (exact) mass is 203 g/mol. The topological polar surface area (TPSA) is 98.2 Å². The van der Waals surface area contributed by atoms with Gasteiger partial charge in [0.2, 0.25) is 11.7 Å². The molecule has 0 spiro atoms. The quantitative estimate of drug-likeness (QED) is 0.450. The van der Waals surface area contributed by atoms with Crippen LogP contribution < -0.4 is 16.8 Å².